The Bertz CT molecular complexity index is 1210. The Kier molecular flexibility index (Phi) is 56.5. The first-order chi connectivity index (χ1) is 34.8. The number of carbonyl (C=O) groups is 2. The topological polar surface area (TPSA) is 134 Å². The molecule has 0 aliphatic carbocycles. The van der Waals surface area contributed by atoms with Gasteiger partial charge >= 0.3 is 19.8 Å². The third-order valence-corrected chi connectivity index (χ3v) is 14.8. The van der Waals surface area contributed by atoms with E-state index in [9.17, 15) is 19.0 Å². The third-order valence-electron chi connectivity index (χ3n) is 13.8. The van der Waals surface area contributed by atoms with E-state index in [0.717, 1.165) is 44.9 Å². The molecule has 0 saturated carbocycles. The summed E-state index contributed by atoms with van der Waals surface area (Å²) in [5.41, 5.74) is 5.39. The molecule has 10 heteroatoms. The maximum Gasteiger partial charge on any atom is 0.472 e. The number of nitrogens with two attached hydrogens (primary N) is 1. The Morgan fingerprint density at radius 1 is 0.423 bits per heavy atom. The van der Waals surface area contributed by atoms with Crippen LogP contribution in [0.15, 0.2) is 24.3 Å². The van der Waals surface area contributed by atoms with E-state index < -0.39 is 26.5 Å². The number of hydrogen-bond donors (Lipinski definition) is 2. The maximum absolute atomic E-state index is 12.7. The quantitative estimate of drug-likeness (QED) is 0.0264. The Balaban J connectivity index is 3.90. The van der Waals surface area contributed by atoms with Gasteiger partial charge in [0.1, 0.15) is 6.61 Å². The standard InChI is InChI=1S/C61H118NO8P/c1-3-5-7-9-11-13-15-17-19-21-23-25-27-29-31-33-35-37-39-41-43-45-47-49-51-53-60(63)67-57-59(58-69-71(65,66)68-56-55-62)70-61(64)54-52-50-48-46-44-42-40-38-36-34-32-30-28-26-24-22-20-18-16-14-12-10-8-6-4-2/h16,18,22,24,59H,3-15,17,19-21,23,25-58,62H2,1-2H3,(H,65,66)/b18-16-,24-22-. The van der Waals surface area contributed by atoms with Crippen LogP contribution in [0.5, 0.6) is 0 Å². The zero-order valence-corrected chi connectivity index (χ0v) is 47.9. The van der Waals surface area contributed by atoms with Crippen molar-refractivity contribution in [1.29, 1.82) is 0 Å². The van der Waals surface area contributed by atoms with Gasteiger partial charge in [0.25, 0.3) is 0 Å². The number of ether oxygens (including phenoxy) is 2. The lowest BCUT2D eigenvalue weighted by Crippen LogP contribution is -2.29. The molecule has 9 nitrogen and oxygen atoms in total. The average molecular weight is 1020 g/mol. The Morgan fingerprint density at radius 2 is 0.732 bits per heavy atom. The molecule has 0 bridgehead atoms. The minimum atomic E-state index is -4.39. The van der Waals surface area contributed by atoms with Gasteiger partial charge in [-0.1, -0.05) is 289 Å². The maximum atomic E-state index is 12.7. The van der Waals surface area contributed by atoms with Gasteiger partial charge in [0, 0.05) is 19.4 Å². The molecule has 2 atom stereocenters. The fraction of sp³-hybridized carbons (Fsp3) is 0.902. The van der Waals surface area contributed by atoms with Gasteiger partial charge in [-0.25, -0.2) is 4.57 Å². The van der Waals surface area contributed by atoms with Gasteiger partial charge in [0.05, 0.1) is 13.2 Å². The first kappa shape index (κ1) is 69.5. The van der Waals surface area contributed by atoms with Crippen molar-refractivity contribution < 1.29 is 37.6 Å². The first-order valence-electron chi connectivity index (χ1n) is 30.8. The fourth-order valence-electron chi connectivity index (χ4n) is 9.26. The molecule has 0 spiro atoms. The Hall–Kier alpha value is -1.51. The average Bonchev–Trinajstić information content (AvgIpc) is 3.36. The number of phosphoric ester groups is 1. The van der Waals surface area contributed by atoms with Gasteiger partial charge in [-0.2, -0.15) is 0 Å². The van der Waals surface area contributed by atoms with Gasteiger partial charge < -0.3 is 20.1 Å². The van der Waals surface area contributed by atoms with Crippen LogP contribution in [-0.2, 0) is 32.7 Å². The highest BCUT2D eigenvalue weighted by Gasteiger charge is 2.26. The van der Waals surface area contributed by atoms with E-state index in [4.69, 9.17) is 24.3 Å². The van der Waals surface area contributed by atoms with Gasteiger partial charge in [0.2, 0.25) is 0 Å². The molecule has 420 valence electrons. The molecule has 0 aromatic carbocycles. The highest BCUT2D eigenvalue weighted by Crippen LogP contribution is 2.43. The second-order valence-corrected chi connectivity index (χ2v) is 22.4. The molecule has 0 rings (SSSR count). The van der Waals surface area contributed by atoms with Crippen molar-refractivity contribution in [2.24, 2.45) is 5.73 Å². The van der Waals surface area contributed by atoms with Crippen molar-refractivity contribution in [2.75, 3.05) is 26.4 Å². The lowest BCUT2D eigenvalue weighted by molar-refractivity contribution is -0.161. The van der Waals surface area contributed by atoms with E-state index in [-0.39, 0.29) is 38.6 Å². The molecule has 0 heterocycles. The molecule has 2 unspecified atom stereocenters. The summed E-state index contributed by atoms with van der Waals surface area (Å²) < 4.78 is 33.1. The number of carbonyl (C=O) groups excluding carboxylic acids is 2. The van der Waals surface area contributed by atoms with E-state index in [2.05, 4.69) is 38.2 Å². The van der Waals surface area contributed by atoms with Crippen molar-refractivity contribution in [1.82, 2.24) is 0 Å². The van der Waals surface area contributed by atoms with Gasteiger partial charge in [0.15, 0.2) is 6.10 Å². The molecule has 0 aromatic heterocycles. The van der Waals surface area contributed by atoms with Crippen molar-refractivity contribution in [3.8, 4) is 0 Å². The number of phosphoric acid groups is 1. The molecule has 3 N–H and O–H groups in total. The van der Waals surface area contributed by atoms with Gasteiger partial charge in [-0.15, -0.1) is 0 Å². The summed E-state index contributed by atoms with van der Waals surface area (Å²) in [6.07, 6.45) is 68.1. The summed E-state index contributed by atoms with van der Waals surface area (Å²) >= 11 is 0. The zero-order chi connectivity index (χ0) is 51.7. The van der Waals surface area contributed by atoms with Crippen molar-refractivity contribution in [3.63, 3.8) is 0 Å². The predicted octanol–water partition coefficient (Wildman–Crippen LogP) is 19.4. The van der Waals surface area contributed by atoms with Crippen molar-refractivity contribution >= 4 is 19.8 Å². The SMILES string of the molecule is CCCCCCC/C=C\C/C=C\CCCCCCCCCCCCCCCC(=O)OC(COC(=O)CCCCCCCCCCCCCCCCCCCCCCCCCCC)COP(=O)(O)OCCN. The molecule has 0 radical (unpaired) electrons. The van der Waals surface area contributed by atoms with Crippen LogP contribution in [0.2, 0.25) is 0 Å². The third kappa shape index (κ3) is 57.6. The van der Waals surface area contributed by atoms with Gasteiger partial charge in [-0.3, -0.25) is 18.6 Å². The van der Waals surface area contributed by atoms with Crippen LogP contribution < -0.4 is 5.73 Å². The molecular formula is C61H118NO8P. The highest BCUT2D eigenvalue weighted by atomic mass is 31.2. The minimum absolute atomic E-state index is 0.0559. The number of unbranched alkanes of at least 4 members (excludes halogenated alkanes) is 42. The van der Waals surface area contributed by atoms with E-state index in [1.54, 1.807) is 0 Å². The Morgan fingerprint density at radius 3 is 1.07 bits per heavy atom. The normalized spacial score (nSPS) is 13.1. The lowest BCUT2D eigenvalue weighted by Gasteiger charge is -2.19. The van der Waals surface area contributed by atoms with Crippen LogP contribution in [-0.4, -0.2) is 49.3 Å². The van der Waals surface area contributed by atoms with E-state index in [1.807, 2.05) is 0 Å². The van der Waals surface area contributed by atoms with Crippen LogP contribution in [0.25, 0.3) is 0 Å². The molecule has 71 heavy (non-hydrogen) atoms. The fourth-order valence-corrected chi connectivity index (χ4v) is 10.0. The van der Waals surface area contributed by atoms with E-state index >= 15 is 0 Å². The number of hydrogen-bond acceptors (Lipinski definition) is 8. The summed E-state index contributed by atoms with van der Waals surface area (Å²) in [6.45, 7) is 3.80. The largest absolute Gasteiger partial charge is 0.472 e. The van der Waals surface area contributed by atoms with Crippen LogP contribution in [0.1, 0.15) is 322 Å². The molecule has 0 aliphatic rings. The van der Waals surface area contributed by atoms with Crippen LogP contribution in [0.3, 0.4) is 0 Å². The lowest BCUT2D eigenvalue weighted by atomic mass is 10.0. The highest BCUT2D eigenvalue weighted by molar-refractivity contribution is 7.47. The molecule has 0 aromatic rings. The summed E-state index contributed by atoms with van der Waals surface area (Å²) in [6, 6.07) is 0. The number of esters is 2. The number of allylic oxidation sites excluding steroid dienone is 4. The molecule has 0 saturated heterocycles. The molecular weight excluding hydrogens is 906 g/mol. The summed E-state index contributed by atoms with van der Waals surface area (Å²) in [5, 5.41) is 0. The van der Waals surface area contributed by atoms with Crippen LogP contribution >= 0.6 is 7.82 Å². The number of rotatable bonds is 59. The first-order valence-corrected chi connectivity index (χ1v) is 32.3. The van der Waals surface area contributed by atoms with Crippen LogP contribution in [0, 0.1) is 0 Å². The van der Waals surface area contributed by atoms with Crippen molar-refractivity contribution in [2.45, 2.75) is 328 Å². The Labute approximate surface area is 440 Å². The van der Waals surface area contributed by atoms with Crippen molar-refractivity contribution in [3.05, 3.63) is 24.3 Å². The predicted molar refractivity (Wildman–Crippen MR) is 303 cm³/mol. The van der Waals surface area contributed by atoms with Gasteiger partial charge in [-0.05, 0) is 44.9 Å². The molecule has 0 fully saturated rings. The molecule has 0 amide bonds. The second kappa shape index (κ2) is 57.8. The summed E-state index contributed by atoms with van der Waals surface area (Å²) in [4.78, 5) is 35.2. The second-order valence-electron chi connectivity index (χ2n) is 20.9. The smallest absolute Gasteiger partial charge is 0.462 e. The van der Waals surface area contributed by atoms with E-state index in [0.29, 0.717) is 6.42 Å². The monoisotopic (exact) mass is 1020 g/mol. The van der Waals surface area contributed by atoms with Crippen LogP contribution in [0.4, 0.5) is 0 Å². The molecule has 0 aliphatic heterocycles. The minimum Gasteiger partial charge on any atom is -0.462 e. The summed E-state index contributed by atoms with van der Waals surface area (Å²) in [7, 11) is -4.39. The zero-order valence-electron chi connectivity index (χ0n) is 47.0. The van der Waals surface area contributed by atoms with E-state index in [1.165, 1.54) is 244 Å². The summed E-state index contributed by atoms with van der Waals surface area (Å²) in [5.74, 6) is -0.809.